The topological polar surface area (TPSA) is 34.1 Å². The molecule has 2 nitrogen and oxygen atoms in total. The molecule has 0 aromatic heterocycles. The average Bonchev–Trinajstić information content (AvgIpc) is 3.34. The smallest absolute Gasteiger partial charge is 0.177 e. The fourth-order valence-electron chi connectivity index (χ4n) is 5.72. The summed E-state index contributed by atoms with van der Waals surface area (Å²) in [6.07, 6.45) is 7.96. The van der Waals surface area contributed by atoms with E-state index in [-0.39, 0.29) is 11.6 Å². The first-order valence-corrected chi connectivity index (χ1v) is 9.55. The summed E-state index contributed by atoms with van der Waals surface area (Å²) in [6, 6.07) is 8.65. The Morgan fingerprint density at radius 2 is 0.960 bits per heavy atom. The van der Waals surface area contributed by atoms with Gasteiger partial charge in [0.15, 0.2) is 11.6 Å². The molecule has 1 spiro atoms. The number of ketones is 2. The van der Waals surface area contributed by atoms with Crippen LogP contribution in [0.3, 0.4) is 0 Å². The Labute approximate surface area is 147 Å². The van der Waals surface area contributed by atoms with E-state index in [0.717, 1.165) is 47.9 Å². The summed E-state index contributed by atoms with van der Waals surface area (Å²) >= 11 is 0. The summed E-state index contributed by atoms with van der Waals surface area (Å²) in [5.41, 5.74) is 8.48. The van der Waals surface area contributed by atoms with Crippen LogP contribution in [0, 0.1) is 5.41 Å². The van der Waals surface area contributed by atoms with E-state index in [1.54, 1.807) is 0 Å². The predicted octanol–water partition coefficient (Wildman–Crippen LogP) is 3.83. The summed E-state index contributed by atoms with van der Waals surface area (Å²) in [6.45, 7) is 0. The number of hydrogen-bond donors (Lipinski definition) is 0. The third-order valence-corrected chi connectivity index (χ3v) is 6.98. The second-order valence-electron chi connectivity index (χ2n) is 8.36. The van der Waals surface area contributed by atoms with Crippen molar-refractivity contribution >= 4 is 11.6 Å². The van der Waals surface area contributed by atoms with Gasteiger partial charge in [0.1, 0.15) is 5.41 Å². The normalized spacial score (nSPS) is 21.6. The molecule has 2 aromatic carbocycles. The first kappa shape index (κ1) is 14.0. The number of aryl methyl sites for hydroxylation is 4. The molecular formula is C23H20O2. The zero-order chi connectivity index (χ0) is 16.8. The van der Waals surface area contributed by atoms with Gasteiger partial charge in [0, 0.05) is 11.1 Å². The predicted molar refractivity (Wildman–Crippen MR) is 95.4 cm³/mol. The van der Waals surface area contributed by atoms with Crippen molar-refractivity contribution in [3.8, 4) is 0 Å². The Hall–Kier alpha value is -2.22. The molecule has 0 N–H and O–H groups in total. The van der Waals surface area contributed by atoms with E-state index >= 15 is 0 Å². The molecule has 0 heterocycles. The fraction of sp³-hybridized carbons (Fsp3) is 0.391. The van der Waals surface area contributed by atoms with Crippen molar-refractivity contribution in [1.82, 2.24) is 0 Å². The van der Waals surface area contributed by atoms with Crippen molar-refractivity contribution in [2.75, 3.05) is 0 Å². The molecule has 4 aliphatic rings. The SMILES string of the molecule is O=C1c2cc3c(cc2CC12Cc1cc4c(cc1C2=O)CCC4)CCC3. The largest absolute Gasteiger partial charge is 0.293 e. The zero-order valence-corrected chi connectivity index (χ0v) is 14.3. The van der Waals surface area contributed by atoms with Crippen LogP contribution in [0.15, 0.2) is 24.3 Å². The highest BCUT2D eigenvalue weighted by Crippen LogP contribution is 2.49. The molecule has 0 radical (unpaired) electrons. The van der Waals surface area contributed by atoms with Crippen LogP contribution in [0.2, 0.25) is 0 Å². The molecule has 0 aliphatic heterocycles. The summed E-state index contributed by atoms with van der Waals surface area (Å²) in [5.74, 6) is 0.164. The highest BCUT2D eigenvalue weighted by molar-refractivity contribution is 6.25. The molecule has 2 heteroatoms. The van der Waals surface area contributed by atoms with E-state index < -0.39 is 5.41 Å². The lowest BCUT2D eigenvalue weighted by molar-refractivity contribution is 0.0705. The van der Waals surface area contributed by atoms with Crippen LogP contribution in [-0.2, 0) is 38.5 Å². The highest BCUT2D eigenvalue weighted by Gasteiger charge is 2.55. The van der Waals surface area contributed by atoms with Gasteiger partial charge >= 0.3 is 0 Å². The van der Waals surface area contributed by atoms with Crippen molar-refractivity contribution < 1.29 is 9.59 Å². The second-order valence-corrected chi connectivity index (χ2v) is 8.36. The number of benzene rings is 2. The summed E-state index contributed by atoms with van der Waals surface area (Å²) < 4.78 is 0. The van der Waals surface area contributed by atoms with E-state index in [1.807, 2.05) is 0 Å². The fourth-order valence-corrected chi connectivity index (χ4v) is 5.72. The van der Waals surface area contributed by atoms with Crippen LogP contribution >= 0.6 is 0 Å². The average molecular weight is 328 g/mol. The number of carbonyl (C=O) groups excluding carboxylic acids is 2. The molecule has 4 aliphatic carbocycles. The number of rotatable bonds is 0. The maximum Gasteiger partial charge on any atom is 0.177 e. The number of fused-ring (bicyclic) bond motifs is 4. The van der Waals surface area contributed by atoms with Crippen LogP contribution in [-0.4, -0.2) is 11.6 Å². The number of carbonyl (C=O) groups is 2. The maximum absolute atomic E-state index is 13.3. The van der Waals surface area contributed by atoms with Crippen LogP contribution in [0.1, 0.15) is 66.9 Å². The van der Waals surface area contributed by atoms with E-state index in [4.69, 9.17) is 0 Å². The minimum absolute atomic E-state index is 0.0820. The van der Waals surface area contributed by atoms with Gasteiger partial charge in [0.25, 0.3) is 0 Å². The van der Waals surface area contributed by atoms with Gasteiger partial charge in [-0.2, -0.15) is 0 Å². The van der Waals surface area contributed by atoms with Gasteiger partial charge in [-0.3, -0.25) is 9.59 Å². The molecule has 0 fully saturated rings. The van der Waals surface area contributed by atoms with Crippen molar-refractivity contribution in [2.24, 2.45) is 5.41 Å². The zero-order valence-electron chi connectivity index (χ0n) is 14.3. The van der Waals surface area contributed by atoms with Crippen molar-refractivity contribution in [1.29, 1.82) is 0 Å². The summed E-state index contributed by atoms with van der Waals surface area (Å²) in [5, 5.41) is 0. The van der Waals surface area contributed by atoms with Crippen LogP contribution in [0.4, 0.5) is 0 Å². The van der Waals surface area contributed by atoms with Crippen LogP contribution in [0.5, 0.6) is 0 Å². The monoisotopic (exact) mass is 328 g/mol. The standard InChI is InChI=1S/C23H20O2/c24-21-19-9-15-5-1-3-13(15)7-17(19)11-23(21)12-18-8-14-4-2-6-16(14)10-20(18)22(23)25/h7-10H,1-6,11-12H2. The van der Waals surface area contributed by atoms with E-state index in [2.05, 4.69) is 24.3 Å². The minimum Gasteiger partial charge on any atom is -0.293 e. The summed E-state index contributed by atoms with van der Waals surface area (Å²) in [7, 11) is 0. The van der Waals surface area contributed by atoms with Gasteiger partial charge < -0.3 is 0 Å². The van der Waals surface area contributed by atoms with Gasteiger partial charge in [-0.1, -0.05) is 12.1 Å². The van der Waals surface area contributed by atoms with Crippen LogP contribution < -0.4 is 0 Å². The molecular weight excluding hydrogens is 308 g/mol. The summed E-state index contributed by atoms with van der Waals surface area (Å²) in [4.78, 5) is 26.7. The number of hydrogen-bond acceptors (Lipinski definition) is 2. The molecule has 2 aromatic rings. The molecule has 0 amide bonds. The molecule has 0 saturated heterocycles. The van der Waals surface area contributed by atoms with E-state index in [0.29, 0.717) is 12.8 Å². The molecule has 25 heavy (non-hydrogen) atoms. The molecule has 0 unspecified atom stereocenters. The Balaban J connectivity index is 1.47. The van der Waals surface area contributed by atoms with Gasteiger partial charge in [0.05, 0.1) is 0 Å². The Morgan fingerprint density at radius 1 is 0.560 bits per heavy atom. The Morgan fingerprint density at radius 3 is 1.40 bits per heavy atom. The van der Waals surface area contributed by atoms with Gasteiger partial charge in [-0.15, -0.1) is 0 Å². The maximum atomic E-state index is 13.3. The van der Waals surface area contributed by atoms with Crippen molar-refractivity contribution in [3.05, 3.63) is 68.8 Å². The molecule has 0 bridgehead atoms. The minimum atomic E-state index is -0.838. The Kier molecular flexibility index (Phi) is 2.51. The van der Waals surface area contributed by atoms with Gasteiger partial charge in [-0.05, 0) is 96.9 Å². The lowest BCUT2D eigenvalue weighted by Gasteiger charge is -2.18. The highest BCUT2D eigenvalue weighted by atomic mass is 16.2. The third-order valence-electron chi connectivity index (χ3n) is 6.98. The third kappa shape index (κ3) is 1.65. The first-order valence-electron chi connectivity index (χ1n) is 9.55. The number of Topliss-reactive ketones (excluding diaryl/α,β-unsaturated/α-hetero) is 2. The first-order chi connectivity index (χ1) is 12.2. The van der Waals surface area contributed by atoms with Crippen LogP contribution in [0.25, 0.3) is 0 Å². The van der Waals surface area contributed by atoms with Gasteiger partial charge in [0.2, 0.25) is 0 Å². The lowest BCUT2D eigenvalue weighted by Crippen LogP contribution is -2.34. The molecule has 0 saturated carbocycles. The van der Waals surface area contributed by atoms with Crippen molar-refractivity contribution in [3.63, 3.8) is 0 Å². The quantitative estimate of drug-likeness (QED) is 0.689. The van der Waals surface area contributed by atoms with E-state index in [1.165, 1.54) is 35.1 Å². The van der Waals surface area contributed by atoms with E-state index in [9.17, 15) is 9.59 Å². The Bertz CT molecular complexity index is 914. The molecule has 0 atom stereocenters. The van der Waals surface area contributed by atoms with Gasteiger partial charge in [-0.25, -0.2) is 0 Å². The molecule has 6 rings (SSSR count). The lowest BCUT2D eigenvalue weighted by atomic mass is 9.79. The second kappa shape index (κ2) is 4.49. The van der Waals surface area contributed by atoms with Crippen molar-refractivity contribution in [2.45, 2.75) is 51.4 Å². The molecule has 124 valence electrons.